The molecule has 0 aromatic carbocycles. The fraction of sp³-hybridized carbons (Fsp3) is 0.462. The largest absolute Gasteiger partial charge is 0.370 e. The van der Waals surface area contributed by atoms with E-state index in [9.17, 15) is 0 Å². The van der Waals surface area contributed by atoms with Crippen LogP contribution in [0.5, 0.6) is 0 Å². The number of hydrogen-bond donors (Lipinski definition) is 2. The molecule has 0 aliphatic carbocycles. The Morgan fingerprint density at radius 3 is 2.74 bits per heavy atom. The third kappa shape index (κ3) is 3.89. The van der Waals surface area contributed by atoms with Crippen molar-refractivity contribution in [2.75, 3.05) is 17.2 Å². The summed E-state index contributed by atoms with van der Waals surface area (Å²) in [5.74, 6) is 1.68. The maximum absolute atomic E-state index is 4.35. The van der Waals surface area contributed by atoms with E-state index in [0.717, 1.165) is 36.0 Å². The smallest absolute Gasteiger partial charge is 0.132 e. The predicted octanol–water partition coefficient (Wildman–Crippen LogP) is 3.32. The summed E-state index contributed by atoms with van der Waals surface area (Å²) in [5, 5.41) is 9.74. The van der Waals surface area contributed by atoms with E-state index in [2.05, 4.69) is 39.4 Å². The molecule has 2 N–H and O–H groups in total. The second kappa shape index (κ2) is 7.04. The van der Waals surface area contributed by atoms with Gasteiger partial charge in [-0.1, -0.05) is 13.8 Å². The second-order valence-corrected chi connectivity index (χ2v) is 5.12. The number of thiazole rings is 1. The van der Waals surface area contributed by atoms with Gasteiger partial charge in [0.1, 0.15) is 23.0 Å². The van der Waals surface area contributed by atoms with Crippen molar-refractivity contribution in [2.24, 2.45) is 0 Å². The SMILES string of the molecule is CCCNc1cc(NC(CC)c2nccs2)ncn1. The van der Waals surface area contributed by atoms with Crippen molar-refractivity contribution in [3.05, 3.63) is 29.0 Å². The molecule has 0 radical (unpaired) electrons. The molecule has 2 heterocycles. The van der Waals surface area contributed by atoms with Crippen LogP contribution in [-0.4, -0.2) is 21.5 Å². The van der Waals surface area contributed by atoms with Crippen LogP contribution in [0.4, 0.5) is 11.6 Å². The summed E-state index contributed by atoms with van der Waals surface area (Å²) in [6, 6.07) is 2.14. The van der Waals surface area contributed by atoms with E-state index >= 15 is 0 Å². The maximum Gasteiger partial charge on any atom is 0.132 e. The monoisotopic (exact) mass is 277 g/mol. The Hall–Kier alpha value is -1.69. The summed E-state index contributed by atoms with van der Waals surface area (Å²) in [7, 11) is 0. The molecule has 0 aliphatic heterocycles. The summed E-state index contributed by atoms with van der Waals surface area (Å²) in [6.07, 6.45) is 5.45. The van der Waals surface area contributed by atoms with Crippen LogP contribution in [0.15, 0.2) is 24.0 Å². The van der Waals surface area contributed by atoms with Gasteiger partial charge in [0, 0.05) is 24.2 Å². The van der Waals surface area contributed by atoms with Crippen molar-refractivity contribution in [1.29, 1.82) is 0 Å². The molecule has 0 aliphatic rings. The molecule has 6 heteroatoms. The van der Waals surface area contributed by atoms with Gasteiger partial charge in [0.25, 0.3) is 0 Å². The number of anilines is 2. The van der Waals surface area contributed by atoms with Gasteiger partial charge >= 0.3 is 0 Å². The maximum atomic E-state index is 4.35. The molecule has 5 nitrogen and oxygen atoms in total. The van der Waals surface area contributed by atoms with Gasteiger partial charge < -0.3 is 10.6 Å². The first kappa shape index (κ1) is 13.7. The standard InChI is InChI=1S/C13H19N5S/c1-3-5-14-11-8-12(17-9-16-11)18-10(4-2)13-15-6-7-19-13/h6-10H,3-5H2,1-2H3,(H2,14,16,17,18). The molecular formula is C13H19N5S. The molecule has 0 bridgehead atoms. The molecule has 2 rings (SSSR count). The molecule has 0 spiro atoms. The molecule has 1 atom stereocenters. The van der Waals surface area contributed by atoms with Crippen LogP contribution in [0.3, 0.4) is 0 Å². The first-order chi connectivity index (χ1) is 9.33. The zero-order valence-electron chi connectivity index (χ0n) is 11.3. The second-order valence-electron chi connectivity index (χ2n) is 4.19. The van der Waals surface area contributed by atoms with Crippen molar-refractivity contribution in [3.63, 3.8) is 0 Å². The lowest BCUT2D eigenvalue weighted by Gasteiger charge is -2.15. The number of rotatable bonds is 7. The van der Waals surface area contributed by atoms with Crippen molar-refractivity contribution >= 4 is 23.0 Å². The fourth-order valence-electron chi connectivity index (χ4n) is 1.71. The molecule has 0 fully saturated rings. The first-order valence-corrected chi connectivity index (χ1v) is 7.43. The summed E-state index contributed by atoms with van der Waals surface area (Å²) in [5.41, 5.74) is 0. The number of nitrogens with one attached hydrogen (secondary N) is 2. The van der Waals surface area contributed by atoms with E-state index in [1.165, 1.54) is 0 Å². The summed E-state index contributed by atoms with van der Waals surface area (Å²) in [6.45, 7) is 5.18. The highest BCUT2D eigenvalue weighted by Gasteiger charge is 2.12. The number of aromatic nitrogens is 3. The molecule has 2 aromatic heterocycles. The van der Waals surface area contributed by atoms with Gasteiger partial charge in [0.15, 0.2) is 0 Å². The Morgan fingerprint density at radius 2 is 2.05 bits per heavy atom. The number of nitrogens with zero attached hydrogens (tertiary/aromatic N) is 3. The molecule has 0 saturated heterocycles. The van der Waals surface area contributed by atoms with Gasteiger partial charge in [-0.15, -0.1) is 11.3 Å². The van der Waals surface area contributed by atoms with E-state index in [-0.39, 0.29) is 6.04 Å². The molecule has 19 heavy (non-hydrogen) atoms. The van der Waals surface area contributed by atoms with Crippen LogP contribution in [0.2, 0.25) is 0 Å². The van der Waals surface area contributed by atoms with Gasteiger partial charge in [0.05, 0.1) is 6.04 Å². The van der Waals surface area contributed by atoms with Gasteiger partial charge in [-0.25, -0.2) is 15.0 Å². The van der Waals surface area contributed by atoms with Gasteiger partial charge in [-0.05, 0) is 12.8 Å². The molecular weight excluding hydrogens is 258 g/mol. The van der Waals surface area contributed by atoms with E-state index in [1.54, 1.807) is 17.7 Å². The van der Waals surface area contributed by atoms with Crippen LogP contribution in [-0.2, 0) is 0 Å². The normalized spacial score (nSPS) is 12.1. The quantitative estimate of drug-likeness (QED) is 0.813. The third-order valence-corrected chi connectivity index (χ3v) is 3.59. The van der Waals surface area contributed by atoms with Crippen LogP contribution < -0.4 is 10.6 Å². The first-order valence-electron chi connectivity index (χ1n) is 6.55. The Bertz CT molecular complexity index is 486. The minimum absolute atomic E-state index is 0.203. The fourth-order valence-corrected chi connectivity index (χ4v) is 2.48. The van der Waals surface area contributed by atoms with Gasteiger partial charge in [-0.2, -0.15) is 0 Å². The third-order valence-electron chi connectivity index (χ3n) is 2.70. The molecule has 1 unspecified atom stereocenters. The van der Waals surface area contributed by atoms with Crippen LogP contribution in [0.25, 0.3) is 0 Å². The minimum Gasteiger partial charge on any atom is -0.370 e. The Labute approximate surface area is 117 Å². The van der Waals surface area contributed by atoms with Crippen LogP contribution in [0.1, 0.15) is 37.7 Å². The van der Waals surface area contributed by atoms with Crippen molar-refractivity contribution in [3.8, 4) is 0 Å². The van der Waals surface area contributed by atoms with Crippen molar-refractivity contribution in [2.45, 2.75) is 32.7 Å². The van der Waals surface area contributed by atoms with E-state index in [0.29, 0.717) is 0 Å². The lowest BCUT2D eigenvalue weighted by atomic mass is 10.2. The zero-order chi connectivity index (χ0) is 13.5. The zero-order valence-corrected chi connectivity index (χ0v) is 12.1. The predicted molar refractivity (Wildman–Crippen MR) is 79.6 cm³/mol. The molecule has 0 amide bonds. The van der Waals surface area contributed by atoms with E-state index < -0.39 is 0 Å². The average molecular weight is 277 g/mol. The van der Waals surface area contributed by atoms with Gasteiger partial charge in [-0.3, -0.25) is 0 Å². The van der Waals surface area contributed by atoms with Crippen LogP contribution >= 0.6 is 11.3 Å². The summed E-state index contributed by atoms with van der Waals surface area (Å²) < 4.78 is 0. The van der Waals surface area contributed by atoms with Crippen molar-refractivity contribution < 1.29 is 0 Å². The van der Waals surface area contributed by atoms with Gasteiger partial charge in [0.2, 0.25) is 0 Å². The van der Waals surface area contributed by atoms with Crippen molar-refractivity contribution in [1.82, 2.24) is 15.0 Å². The minimum atomic E-state index is 0.203. The Kier molecular flexibility index (Phi) is 5.09. The lowest BCUT2D eigenvalue weighted by Crippen LogP contribution is -2.11. The number of hydrogen-bond acceptors (Lipinski definition) is 6. The summed E-state index contributed by atoms with van der Waals surface area (Å²) in [4.78, 5) is 12.8. The molecule has 2 aromatic rings. The molecule has 0 saturated carbocycles. The topological polar surface area (TPSA) is 62.7 Å². The Morgan fingerprint density at radius 1 is 1.21 bits per heavy atom. The summed E-state index contributed by atoms with van der Waals surface area (Å²) >= 11 is 1.66. The van der Waals surface area contributed by atoms with E-state index in [4.69, 9.17) is 0 Å². The van der Waals surface area contributed by atoms with E-state index in [1.807, 2.05) is 17.6 Å². The molecule has 102 valence electrons. The average Bonchev–Trinajstić information content (AvgIpc) is 2.97. The lowest BCUT2D eigenvalue weighted by molar-refractivity contribution is 0.737. The highest BCUT2D eigenvalue weighted by Crippen LogP contribution is 2.23. The highest BCUT2D eigenvalue weighted by atomic mass is 32.1. The highest BCUT2D eigenvalue weighted by molar-refractivity contribution is 7.09. The Balaban J connectivity index is 2.05. The van der Waals surface area contributed by atoms with Crippen LogP contribution in [0, 0.1) is 0 Å².